The van der Waals surface area contributed by atoms with Crippen molar-refractivity contribution in [3.05, 3.63) is 22.9 Å². The van der Waals surface area contributed by atoms with Crippen LogP contribution in [0.15, 0.2) is 6.07 Å². The highest BCUT2D eigenvalue weighted by Gasteiger charge is 2.14. The Morgan fingerprint density at radius 2 is 2.28 bits per heavy atom. The Balaban J connectivity index is 2.15. The molecule has 0 bridgehead atoms. The summed E-state index contributed by atoms with van der Waals surface area (Å²) < 4.78 is 0. The van der Waals surface area contributed by atoms with E-state index in [2.05, 4.69) is 16.4 Å². The third-order valence-corrected chi connectivity index (χ3v) is 3.28. The first kappa shape index (κ1) is 12.8. The van der Waals surface area contributed by atoms with Gasteiger partial charge in [-0.3, -0.25) is 0 Å². The van der Waals surface area contributed by atoms with Gasteiger partial charge in [-0.15, -0.1) is 0 Å². The van der Waals surface area contributed by atoms with E-state index in [0.29, 0.717) is 24.3 Å². The second-order valence-electron chi connectivity index (χ2n) is 4.87. The number of fused-ring (bicyclic) bond motifs is 1. The van der Waals surface area contributed by atoms with E-state index >= 15 is 0 Å². The van der Waals surface area contributed by atoms with Crippen molar-refractivity contribution in [3.63, 3.8) is 0 Å². The van der Waals surface area contributed by atoms with E-state index in [1.165, 1.54) is 18.4 Å². The highest BCUT2D eigenvalue weighted by molar-refractivity contribution is 5.54. The molecule has 96 valence electrons. The van der Waals surface area contributed by atoms with Crippen molar-refractivity contribution < 1.29 is 5.11 Å². The minimum absolute atomic E-state index is 0.333. The third-order valence-electron chi connectivity index (χ3n) is 3.28. The molecule has 1 aliphatic carbocycles. The van der Waals surface area contributed by atoms with Crippen molar-refractivity contribution in [1.82, 2.24) is 4.98 Å². The van der Waals surface area contributed by atoms with Crippen molar-refractivity contribution in [2.45, 2.75) is 45.1 Å². The van der Waals surface area contributed by atoms with Gasteiger partial charge in [0.05, 0.1) is 11.7 Å². The Morgan fingerprint density at radius 1 is 1.50 bits per heavy atom. The number of pyridine rings is 1. The van der Waals surface area contributed by atoms with Crippen molar-refractivity contribution in [2.75, 3.05) is 11.9 Å². The fourth-order valence-corrected chi connectivity index (χ4v) is 2.25. The summed E-state index contributed by atoms with van der Waals surface area (Å²) in [6.07, 6.45) is 4.73. The Bertz CT molecular complexity index is 463. The van der Waals surface area contributed by atoms with Gasteiger partial charge in [-0.05, 0) is 50.7 Å². The van der Waals surface area contributed by atoms with Gasteiger partial charge in [-0.2, -0.15) is 5.26 Å². The summed E-state index contributed by atoms with van der Waals surface area (Å²) in [6, 6.07) is 4.16. The molecule has 1 aliphatic rings. The van der Waals surface area contributed by atoms with Gasteiger partial charge in [0.25, 0.3) is 0 Å². The van der Waals surface area contributed by atoms with Crippen molar-refractivity contribution in [3.8, 4) is 6.07 Å². The number of rotatable bonds is 4. The fourth-order valence-electron chi connectivity index (χ4n) is 2.25. The monoisotopic (exact) mass is 245 g/mol. The van der Waals surface area contributed by atoms with Crippen LogP contribution in [0.1, 0.15) is 43.0 Å². The van der Waals surface area contributed by atoms with Gasteiger partial charge in [0, 0.05) is 12.2 Å². The smallest absolute Gasteiger partial charge is 0.144 e. The van der Waals surface area contributed by atoms with Crippen LogP contribution in [0, 0.1) is 11.3 Å². The summed E-state index contributed by atoms with van der Waals surface area (Å²) >= 11 is 0. The van der Waals surface area contributed by atoms with Crippen molar-refractivity contribution in [1.29, 1.82) is 5.26 Å². The molecule has 4 nitrogen and oxygen atoms in total. The molecule has 4 heteroatoms. The minimum Gasteiger partial charge on any atom is -0.393 e. The Kier molecular flexibility index (Phi) is 4.16. The first-order valence-electron chi connectivity index (χ1n) is 6.55. The van der Waals surface area contributed by atoms with Crippen molar-refractivity contribution in [2.24, 2.45) is 0 Å². The lowest BCUT2D eigenvalue weighted by Gasteiger charge is -2.17. The predicted octanol–water partition coefficient (Wildman–Crippen LogP) is 2.01. The van der Waals surface area contributed by atoms with Gasteiger partial charge in [0.15, 0.2) is 0 Å². The fraction of sp³-hybridized carbons (Fsp3) is 0.571. The number of aliphatic hydroxyl groups excluding tert-OH is 1. The molecule has 1 heterocycles. The molecule has 1 unspecified atom stereocenters. The lowest BCUT2D eigenvalue weighted by Crippen LogP contribution is -2.14. The molecule has 0 amide bonds. The summed E-state index contributed by atoms with van der Waals surface area (Å²) in [4.78, 5) is 4.57. The average Bonchev–Trinajstić information content (AvgIpc) is 2.37. The molecule has 1 aromatic rings. The molecule has 0 radical (unpaired) electrons. The number of aryl methyl sites for hydroxylation is 2. The van der Waals surface area contributed by atoms with Gasteiger partial charge < -0.3 is 10.4 Å². The summed E-state index contributed by atoms with van der Waals surface area (Å²) in [6.45, 7) is 2.39. The number of anilines is 1. The lowest BCUT2D eigenvalue weighted by atomic mass is 9.95. The quantitative estimate of drug-likeness (QED) is 0.851. The van der Waals surface area contributed by atoms with Crippen LogP contribution in [0.5, 0.6) is 0 Å². The Hall–Kier alpha value is -1.60. The largest absolute Gasteiger partial charge is 0.393 e. The molecule has 0 saturated heterocycles. The lowest BCUT2D eigenvalue weighted by molar-refractivity contribution is 0.188. The third kappa shape index (κ3) is 2.99. The van der Waals surface area contributed by atoms with E-state index in [1.54, 1.807) is 6.92 Å². The highest BCUT2D eigenvalue weighted by atomic mass is 16.3. The zero-order valence-electron chi connectivity index (χ0n) is 10.7. The Morgan fingerprint density at radius 3 is 3.00 bits per heavy atom. The molecule has 0 aliphatic heterocycles. The van der Waals surface area contributed by atoms with Crippen LogP contribution in [0.3, 0.4) is 0 Å². The summed E-state index contributed by atoms with van der Waals surface area (Å²) in [5.74, 6) is 0.666. The van der Waals surface area contributed by atoms with Crippen LogP contribution in [0.4, 0.5) is 5.82 Å². The van der Waals surface area contributed by atoms with E-state index in [1.807, 2.05) is 6.07 Å². The standard InChI is InChI=1S/C14H19N3O/c1-10(18)6-7-16-14-12(9-15)8-11-4-2-3-5-13(11)17-14/h8,10,18H,2-7H2,1H3,(H,16,17). The molecule has 0 fully saturated rings. The number of nitrogens with zero attached hydrogens (tertiary/aromatic N) is 2. The molecule has 0 aromatic carbocycles. The van der Waals surface area contributed by atoms with E-state index < -0.39 is 0 Å². The van der Waals surface area contributed by atoms with Gasteiger partial charge in [-0.1, -0.05) is 0 Å². The maximum absolute atomic E-state index is 9.22. The van der Waals surface area contributed by atoms with Gasteiger partial charge in [0.1, 0.15) is 11.9 Å². The number of nitriles is 1. The van der Waals surface area contributed by atoms with E-state index in [-0.39, 0.29) is 6.10 Å². The van der Waals surface area contributed by atoms with Crippen molar-refractivity contribution >= 4 is 5.82 Å². The molecule has 0 saturated carbocycles. The topological polar surface area (TPSA) is 68.9 Å². The molecule has 1 atom stereocenters. The maximum atomic E-state index is 9.22. The molecule has 1 aromatic heterocycles. The number of hydrogen-bond acceptors (Lipinski definition) is 4. The summed E-state index contributed by atoms with van der Waals surface area (Å²) in [5, 5.41) is 21.5. The molecule has 18 heavy (non-hydrogen) atoms. The van der Waals surface area contributed by atoms with E-state index in [0.717, 1.165) is 18.5 Å². The number of aliphatic hydroxyl groups is 1. The molecule has 2 rings (SSSR count). The number of nitrogens with one attached hydrogen (secondary N) is 1. The number of aromatic nitrogens is 1. The van der Waals surface area contributed by atoms with Crippen LogP contribution in [-0.4, -0.2) is 22.7 Å². The van der Waals surface area contributed by atoms with Gasteiger partial charge >= 0.3 is 0 Å². The van der Waals surface area contributed by atoms with Crippen LogP contribution in [-0.2, 0) is 12.8 Å². The van der Waals surface area contributed by atoms with Gasteiger partial charge in [-0.25, -0.2) is 4.98 Å². The second-order valence-corrected chi connectivity index (χ2v) is 4.87. The maximum Gasteiger partial charge on any atom is 0.144 e. The summed E-state index contributed by atoms with van der Waals surface area (Å²) in [7, 11) is 0. The van der Waals surface area contributed by atoms with E-state index in [9.17, 15) is 5.11 Å². The van der Waals surface area contributed by atoms with E-state index in [4.69, 9.17) is 5.26 Å². The first-order valence-corrected chi connectivity index (χ1v) is 6.55. The molecular weight excluding hydrogens is 226 g/mol. The molecule has 0 spiro atoms. The zero-order valence-corrected chi connectivity index (χ0v) is 10.7. The minimum atomic E-state index is -0.333. The van der Waals surface area contributed by atoms with Crippen LogP contribution >= 0.6 is 0 Å². The predicted molar refractivity (Wildman–Crippen MR) is 70.4 cm³/mol. The normalized spacial score (nSPS) is 15.6. The average molecular weight is 245 g/mol. The van der Waals surface area contributed by atoms with Crippen LogP contribution in [0.2, 0.25) is 0 Å². The first-order chi connectivity index (χ1) is 8.70. The molecule has 2 N–H and O–H groups in total. The molecular formula is C14H19N3O. The van der Waals surface area contributed by atoms with Crippen LogP contribution < -0.4 is 5.32 Å². The Labute approximate surface area is 108 Å². The second kappa shape index (κ2) is 5.83. The number of hydrogen-bond donors (Lipinski definition) is 2. The van der Waals surface area contributed by atoms with Gasteiger partial charge in [0.2, 0.25) is 0 Å². The zero-order chi connectivity index (χ0) is 13.0. The highest BCUT2D eigenvalue weighted by Crippen LogP contribution is 2.24. The SMILES string of the molecule is CC(O)CCNc1nc2c(cc1C#N)CCCC2. The van der Waals surface area contributed by atoms with Crippen LogP contribution in [0.25, 0.3) is 0 Å². The summed E-state index contributed by atoms with van der Waals surface area (Å²) in [5.41, 5.74) is 2.96.